The molecule has 184 valence electrons. The van der Waals surface area contributed by atoms with Gasteiger partial charge in [-0.3, -0.25) is 14.0 Å². The molecule has 2 aromatic heterocycles. The van der Waals surface area contributed by atoms with Gasteiger partial charge in [0, 0.05) is 12.7 Å². The lowest BCUT2D eigenvalue weighted by Crippen LogP contribution is -2.33. The lowest BCUT2D eigenvalue weighted by Gasteiger charge is -2.27. The van der Waals surface area contributed by atoms with Crippen molar-refractivity contribution in [1.82, 2.24) is 19.2 Å². The molecule has 1 N–H and O–H groups in total. The first-order chi connectivity index (χ1) is 16.8. The molecule has 9 heteroatoms. The van der Waals surface area contributed by atoms with Crippen LogP contribution in [-0.4, -0.2) is 62.2 Å². The molecule has 3 aromatic rings. The van der Waals surface area contributed by atoms with Gasteiger partial charge < -0.3 is 14.9 Å². The van der Waals surface area contributed by atoms with Gasteiger partial charge in [0.05, 0.1) is 27.4 Å². The molecular weight excluding hydrogens is 487 g/mol. The molecule has 1 unspecified atom stereocenters. The van der Waals surface area contributed by atoms with E-state index in [-0.39, 0.29) is 11.3 Å². The lowest BCUT2D eigenvalue weighted by atomic mass is 9.96. The summed E-state index contributed by atoms with van der Waals surface area (Å²) in [5.41, 5.74) is 2.19. The van der Waals surface area contributed by atoms with Crippen LogP contribution in [0.5, 0.6) is 0 Å². The zero-order valence-corrected chi connectivity index (χ0v) is 21.5. The van der Waals surface area contributed by atoms with Gasteiger partial charge in [-0.25, -0.2) is 4.98 Å². The lowest BCUT2D eigenvalue weighted by molar-refractivity contribution is -0.140. The number of carbonyl (C=O) groups excluding carboxylic acids is 2. The number of hydrogen-bond acceptors (Lipinski definition) is 5. The Bertz CT molecular complexity index is 1310. The molecule has 35 heavy (non-hydrogen) atoms. The Balaban J connectivity index is 1.84. The Labute approximate surface area is 214 Å². The number of nitrogens with zero attached hydrogens (tertiary/aromatic N) is 4. The summed E-state index contributed by atoms with van der Waals surface area (Å²) in [5.74, 6) is -1.64. The molecule has 0 spiro atoms. The van der Waals surface area contributed by atoms with E-state index in [1.165, 1.54) is 4.90 Å². The standard InChI is InChI=1S/C26H28Cl2N4O3/c1-4-30(5-2)12-8-14-32-23(17-10-11-18(27)19(28)15-17)21(25(34)26(32)35)24(33)22-16(3)29-20-9-6-7-13-31(20)22/h6-7,9-11,13,15,23,33H,4-5,8,12,14H2,1-3H3/b24-21+. The molecule has 0 radical (unpaired) electrons. The normalized spacial score (nSPS) is 17.8. The first-order valence-corrected chi connectivity index (χ1v) is 12.4. The summed E-state index contributed by atoms with van der Waals surface area (Å²) in [6.45, 7) is 8.88. The molecule has 4 rings (SSSR count). The third kappa shape index (κ3) is 4.68. The van der Waals surface area contributed by atoms with Crippen LogP contribution in [-0.2, 0) is 9.59 Å². The van der Waals surface area contributed by atoms with Crippen molar-refractivity contribution in [3.05, 3.63) is 75.2 Å². The van der Waals surface area contributed by atoms with Gasteiger partial charge in [-0.2, -0.15) is 0 Å². The summed E-state index contributed by atoms with van der Waals surface area (Å²) in [6, 6.07) is 9.68. The van der Waals surface area contributed by atoms with Crippen molar-refractivity contribution in [2.75, 3.05) is 26.2 Å². The van der Waals surface area contributed by atoms with Gasteiger partial charge in [0.2, 0.25) is 0 Å². The quantitative estimate of drug-likeness (QED) is 0.257. The number of likely N-dealkylation sites (tertiary alicyclic amines) is 1. The van der Waals surface area contributed by atoms with Crippen LogP contribution in [0, 0.1) is 6.92 Å². The third-order valence-electron chi connectivity index (χ3n) is 6.50. The monoisotopic (exact) mass is 514 g/mol. The number of aromatic nitrogens is 2. The maximum atomic E-state index is 13.3. The van der Waals surface area contributed by atoms with E-state index in [0.717, 1.165) is 19.6 Å². The van der Waals surface area contributed by atoms with Gasteiger partial charge in [0.1, 0.15) is 11.3 Å². The maximum absolute atomic E-state index is 13.3. The van der Waals surface area contributed by atoms with Crippen LogP contribution in [0.1, 0.15) is 43.3 Å². The second-order valence-electron chi connectivity index (χ2n) is 8.52. The maximum Gasteiger partial charge on any atom is 0.295 e. The fourth-order valence-electron chi connectivity index (χ4n) is 4.67. The number of ketones is 1. The SMILES string of the molecule is CCN(CC)CCCN1C(=O)C(=O)/C(=C(/O)c2c(C)nc3ccccn23)C1c1ccc(Cl)c(Cl)c1. The number of aliphatic hydroxyl groups excluding tert-OH is 1. The number of aliphatic hydroxyl groups is 1. The van der Waals surface area contributed by atoms with E-state index >= 15 is 0 Å². The van der Waals surface area contributed by atoms with Gasteiger partial charge >= 0.3 is 0 Å². The summed E-state index contributed by atoms with van der Waals surface area (Å²) in [7, 11) is 0. The van der Waals surface area contributed by atoms with Crippen molar-refractivity contribution in [3.8, 4) is 0 Å². The Kier molecular flexibility index (Phi) is 7.50. The zero-order chi connectivity index (χ0) is 25.3. The predicted molar refractivity (Wildman–Crippen MR) is 138 cm³/mol. The number of Topliss-reactive ketones (excluding diaryl/α,β-unsaturated/α-hetero) is 1. The second kappa shape index (κ2) is 10.4. The minimum atomic E-state index is -0.796. The molecule has 3 heterocycles. The summed E-state index contributed by atoms with van der Waals surface area (Å²) in [5, 5.41) is 12.2. The van der Waals surface area contributed by atoms with Crippen LogP contribution in [0.25, 0.3) is 11.4 Å². The van der Waals surface area contributed by atoms with Gasteiger partial charge in [0.25, 0.3) is 11.7 Å². The second-order valence-corrected chi connectivity index (χ2v) is 9.34. The molecule has 1 aromatic carbocycles. The number of imidazole rings is 1. The van der Waals surface area contributed by atoms with Crippen molar-refractivity contribution < 1.29 is 14.7 Å². The number of hydrogen-bond donors (Lipinski definition) is 1. The molecule has 1 atom stereocenters. The summed E-state index contributed by atoms with van der Waals surface area (Å²) < 4.78 is 1.71. The fraction of sp³-hybridized carbons (Fsp3) is 0.346. The summed E-state index contributed by atoms with van der Waals surface area (Å²) in [4.78, 5) is 34.8. The highest BCUT2D eigenvalue weighted by Crippen LogP contribution is 2.41. The molecule has 1 saturated heterocycles. The Morgan fingerprint density at radius 2 is 1.86 bits per heavy atom. The zero-order valence-electron chi connectivity index (χ0n) is 20.0. The average molecular weight is 515 g/mol. The highest BCUT2D eigenvalue weighted by Gasteiger charge is 2.46. The smallest absolute Gasteiger partial charge is 0.295 e. The van der Waals surface area contributed by atoms with Crippen molar-refractivity contribution in [2.45, 2.75) is 33.2 Å². The molecule has 1 aliphatic heterocycles. The highest BCUT2D eigenvalue weighted by molar-refractivity contribution is 6.46. The first-order valence-electron chi connectivity index (χ1n) is 11.7. The van der Waals surface area contributed by atoms with Gasteiger partial charge in [-0.05, 0) is 62.8 Å². The Morgan fingerprint density at radius 1 is 1.11 bits per heavy atom. The predicted octanol–water partition coefficient (Wildman–Crippen LogP) is 5.10. The average Bonchev–Trinajstić information content (AvgIpc) is 3.31. The van der Waals surface area contributed by atoms with Crippen molar-refractivity contribution in [3.63, 3.8) is 0 Å². The molecule has 1 fully saturated rings. The van der Waals surface area contributed by atoms with Gasteiger partial charge in [-0.15, -0.1) is 0 Å². The number of carbonyl (C=O) groups is 2. The largest absolute Gasteiger partial charge is 0.505 e. The van der Waals surface area contributed by atoms with Gasteiger partial charge in [0.15, 0.2) is 5.76 Å². The Morgan fingerprint density at radius 3 is 2.54 bits per heavy atom. The van der Waals surface area contributed by atoms with E-state index in [2.05, 4.69) is 23.7 Å². The van der Waals surface area contributed by atoms with E-state index in [4.69, 9.17) is 23.2 Å². The Hall–Kier alpha value is -2.87. The van der Waals surface area contributed by atoms with Gasteiger partial charge in [-0.1, -0.05) is 49.2 Å². The molecular formula is C26H28Cl2N4O3. The van der Waals surface area contributed by atoms with Crippen LogP contribution in [0.15, 0.2) is 48.2 Å². The van der Waals surface area contributed by atoms with Crippen LogP contribution < -0.4 is 0 Å². The first kappa shape index (κ1) is 25.2. The van der Waals surface area contributed by atoms with E-state index < -0.39 is 17.7 Å². The molecule has 1 amide bonds. The van der Waals surface area contributed by atoms with Crippen LogP contribution in [0.2, 0.25) is 10.0 Å². The molecule has 1 aliphatic rings. The van der Waals surface area contributed by atoms with E-state index in [9.17, 15) is 14.7 Å². The number of aryl methyl sites for hydroxylation is 1. The molecule has 7 nitrogen and oxygen atoms in total. The minimum absolute atomic E-state index is 0.0185. The topological polar surface area (TPSA) is 78.2 Å². The number of amides is 1. The minimum Gasteiger partial charge on any atom is -0.505 e. The summed E-state index contributed by atoms with van der Waals surface area (Å²) in [6.07, 6.45) is 2.44. The van der Waals surface area contributed by atoms with Crippen LogP contribution in [0.4, 0.5) is 0 Å². The molecule has 0 saturated carbocycles. The number of benzene rings is 1. The van der Waals surface area contributed by atoms with Crippen molar-refractivity contribution >= 4 is 46.3 Å². The number of halogens is 2. The van der Waals surface area contributed by atoms with E-state index in [1.807, 2.05) is 18.2 Å². The summed E-state index contributed by atoms with van der Waals surface area (Å²) >= 11 is 12.4. The number of fused-ring (bicyclic) bond motifs is 1. The van der Waals surface area contributed by atoms with Crippen molar-refractivity contribution in [2.24, 2.45) is 0 Å². The highest BCUT2D eigenvalue weighted by atomic mass is 35.5. The number of pyridine rings is 1. The molecule has 0 bridgehead atoms. The number of rotatable bonds is 8. The van der Waals surface area contributed by atoms with Crippen LogP contribution >= 0.6 is 23.2 Å². The fourth-order valence-corrected chi connectivity index (χ4v) is 4.98. The van der Waals surface area contributed by atoms with E-state index in [0.29, 0.717) is 45.6 Å². The molecule has 0 aliphatic carbocycles. The third-order valence-corrected chi connectivity index (χ3v) is 7.23. The van der Waals surface area contributed by atoms with E-state index in [1.54, 1.807) is 35.7 Å². The van der Waals surface area contributed by atoms with Crippen LogP contribution in [0.3, 0.4) is 0 Å². The van der Waals surface area contributed by atoms with Crippen molar-refractivity contribution in [1.29, 1.82) is 0 Å².